The Hall–Kier alpha value is -1.36. The van der Waals surface area contributed by atoms with Gasteiger partial charge in [-0.05, 0) is 27.8 Å². The molecule has 5 heteroatoms. The minimum atomic E-state index is 0.321. The van der Waals surface area contributed by atoms with Gasteiger partial charge in [0, 0.05) is 37.7 Å². The summed E-state index contributed by atoms with van der Waals surface area (Å²) in [5, 5.41) is 6.58. The highest BCUT2D eigenvalue weighted by molar-refractivity contribution is 5.57. The van der Waals surface area contributed by atoms with E-state index in [0.717, 1.165) is 36.1 Å². The molecule has 1 heterocycles. The summed E-state index contributed by atoms with van der Waals surface area (Å²) < 4.78 is 0. The first-order valence-electron chi connectivity index (χ1n) is 7.37. The molecule has 0 aromatic carbocycles. The van der Waals surface area contributed by atoms with E-state index in [-0.39, 0.29) is 0 Å². The fraction of sp³-hybridized carbons (Fsp3) is 0.733. The Kier molecular flexibility index (Phi) is 6.20. The molecule has 1 aromatic heterocycles. The SMILES string of the molecule is CNc1nc(C(C)C)nc(NCCN(C)C(C)C)c1C. The van der Waals surface area contributed by atoms with Crippen molar-refractivity contribution in [1.82, 2.24) is 14.9 Å². The molecular formula is C15H29N5. The van der Waals surface area contributed by atoms with Crippen molar-refractivity contribution in [2.75, 3.05) is 37.8 Å². The van der Waals surface area contributed by atoms with Gasteiger partial charge in [-0.25, -0.2) is 9.97 Å². The summed E-state index contributed by atoms with van der Waals surface area (Å²) in [7, 11) is 4.04. The van der Waals surface area contributed by atoms with E-state index < -0.39 is 0 Å². The van der Waals surface area contributed by atoms with Crippen molar-refractivity contribution >= 4 is 11.6 Å². The van der Waals surface area contributed by atoms with E-state index in [0.29, 0.717) is 12.0 Å². The van der Waals surface area contributed by atoms with Gasteiger partial charge >= 0.3 is 0 Å². The monoisotopic (exact) mass is 279 g/mol. The maximum atomic E-state index is 4.64. The van der Waals surface area contributed by atoms with Gasteiger partial charge in [-0.1, -0.05) is 13.8 Å². The molecule has 0 aliphatic rings. The zero-order valence-electron chi connectivity index (χ0n) is 13.9. The van der Waals surface area contributed by atoms with Crippen molar-refractivity contribution in [3.05, 3.63) is 11.4 Å². The van der Waals surface area contributed by atoms with Gasteiger partial charge in [-0.2, -0.15) is 0 Å². The highest BCUT2D eigenvalue weighted by Gasteiger charge is 2.12. The third-order valence-electron chi connectivity index (χ3n) is 3.55. The lowest BCUT2D eigenvalue weighted by molar-refractivity contribution is 0.284. The molecule has 0 bridgehead atoms. The van der Waals surface area contributed by atoms with E-state index >= 15 is 0 Å². The number of hydrogen-bond acceptors (Lipinski definition) is 5. The molecule has 0 aliphatic carbocycles. The number of nitrogens with one attached hydrogen (secondary N) is 2. The Labute approximate surface area is 123 Å². The molecule has 20 heavy (non-hydrogen) atoms. The summed E-state index contributed by atoms with van der Waals surface area (Å²) in [6.07, 6.45) is 0. The van der Waals surface area contributed by atoms with Crippen molar-refractivity contribution < 1.29 is 0 Å². The molecule has 1 aromatic rings. The second kappa shape index (κ2) is 7.43. The third-order valence-corrected chi connectivity index (χ3v) is 3.55. The van der Waals surface area contributed by atoms with E-state index in [9.17, 15) is 0 Å². The lowest BCUT2D eigenvalue weighted by Crippen LogP contribution is -2.31. The smallest absolute Gasteiger partial charge is 0.135 e. The van der Waals surface area contributed by atoms with Crippen LogP contribution in [0.4, 0.5) is 11.6 Å². The second-order valence-electron chi connectivity index (χ2n) is 5.81. The van der Waals surface area contributed by atoms with Crippen LogP contribution in [0, 0.1) is 6.92 Å². The molecule has 0 fully saturated rings. The molecule has 2 N–H and O–H groups in total. The standard InChI is InChI=1S/C15H29N5/c1-10(2)13-18-14(16-6)12(5)15(19-13)17-8-9-20(7)11(3)4/h10-11H,8-9H2,1-7H3,(H2,16,17,18,19). The molecule has 114 valence electrons. The molecule has 0 saturated carbocycles. The van der Waals surface area contributed by atoms with E-state index in [4.69, 9.17) is 0 Å². The summed E-state index contributed by atoms with van der Waals surface area (Å²) in [5.41, 5.74) is 1.07. The number of aromatic nitrogens is 2. The molecule has 0 atom stereocenters. The van der Waals surface area contributed by atoms with Crippen LogP contribution in [-0.4, -0.2) is 48.1 Å². The van der Waals surface area contributed by atoms with Crippen molar-refractivity contribution in [1.29, 1.82) is 0 Å². The van der Waals surface area contributed by atoms with Gasteiger partial charge in [0.05, 0.1) is 0 Å². The zero-order chi connectivity index (χ0) is 15.3. The molecule has 0 spiro atoms. The Morgan fingerprint density at radius 3 is 2.20 bits per heavy atom. The zero-order valence-corrected chi connectivity index (χ0v) is 13.9. The van der Waals surface area contributed by atoms with Gasteiger partial charge in [0.2, 0.25) is 0 Å². The quantitative estimate of drug-likeness (QED) is 0.804. The minimum absolute atomic E-state index is 0.321. The summed E-state index contributed by atoms with van der Waals surface area (Å²) >= 11 is 0. The Balaban J connectivity index is 2.80. The average Bonchev–Trinajstić information content (AvgIpc) is 2.39. The van der Waals surface area contributed by atoms with Crippen molar-refractivity contribution in [3.8, 4) is 0 Å². The van der Waals surface area contributed by atoms with E-state index in [1.165, 1.54) is 0 Å². The van der Waals surface area contributed by atoms with Crippen LogP contribution in [-0.2, 0) is 0 Å². The third kappa shape index (κ3) is 4.34. The molecular weight excluding hydrogens is 250 g/mol. The Morgan fingerprint density at radius 2 is 1.70 bits per heavy atom. The van der Waals surface area contributed by atoms with Crippen LogP contribution in [0.1, 0.15) is 45.0 Å². The van der Waals surface area contributed by atoms with Crippen LogP contribution in [0.3, 0.4) is 0 Å². The van der Waals surface area contributed by atoms with Crippen LogP contribution >= 0.6 is 0 Å². The van der Waals surface area contributed by atoms with Crippen LogP contribution in [0.25, 0.3) is 0 Å². The van der Waals surface area contributed by atoms with Gasteiger partial charge in [-0.15, -0.1) is 0 Å². The molecule has 0 saturated heterocycles. The van der Waals surface area contributed by atoms with Crippen LogP contribution in [0.2, 0.25) is 0 Å². The first kappa shape index (κ1) is 16.7. The fourth-order valence-corrected chi connectivity index (χ4v) is 1.82. The number of hydrogen-bond donors (Lipinski definition) is 2. The van der Waals surface area contributed by atoms with E-state index in [2.05, 4.69) is 60.2 Å². The van der Waals surface area contributed by atoms with Crippen molar-refractivity contribution in [2.24, 2.45) is 0 Å². The highest BCUT2D eigenvalue weighted by atomic mass is 15.1. The van der Waals surface area contributed by atoms with E-state index in [1.807, 2.05) is 14.0 Å². The average molecular weight is 279 g/mol. The lowest BCUT2D eigenvalue weighted by atomic mass is 10.2. The number of likely N-dealkylation sites (N-methyl/N-ethyl adjacent to an activating group) is 1. The topological polar surface area (TPSA) is 53.1 Å². The normalized spacial score (nSPS) is 11.5. The van der Waals surface area contributed by atoms with Crippen LogP contribution in [0.5, 0.6) is 0 Å². The van der Waals surface area contributed by atoms with Gasteiger partial charge < -0.3 is 15.5 Å². The fourth-order valence-electron chi connectivity index (χ4n) is 1.82. The lowest BCUT2D eigenvalue weighted by Gasteiger charge is -2.22. The predicted molar refractivity (Wildman–Crippen MR) is 86.7 cm³/mol. The summed E-state index contributed by atoms with van der Waals surface area (Å²) in [6.45, 7) is 12.5. The summed E-state index contributed by atoms with van der Waals surface area (Å²) in [6, 6.07) is 0.558. The summed E-state index contributed by atoms with van der Waals surface area (Å²) in [5.74, 6) is 3.04. The molecule has 1 rings (SSSR count). The highest BCUT2D eigenvalue weighted by Crippen LogP contribution is 2.22. The molecule has 5 nitrogen and oxygen atoms in total. The van der Waals surface area contributed by atoms with Gasteiger partial charge in [-0.3, -0.25) is 0 Å². The largest absolute Gasteiger partial charge is 0.373 e. The minimum Gasteiger partial charge on any atom is -0.373 e. The number of nitrogens with zero attached hydrogens (tertiary/aromatic N) is 3. The van der Waals surface area contributed by atoms with Gasteiger partial charge in [0.25, 0.3) is 0 Å². The van der Waals surface area contributed by atoms with E-state index in [1.54, 1.807) is 0 Å². The van der Waals surface area contributed by atoms with Gasteiger partial charge in [0.15, 0.2) is 0 Å². The number of anilines is 2. The predicted octanol–water partition coefficient (Wildman–Crippen LogP) is 2.70. The second-order valence-corrected chi connectivity index (χ2v) is 5.81. The first-order valence-corrected chi connectivity index (χ1v) is 7.37. The van der Waals surface area contributed by atoms with Crippen LogP contribution < -0.4 is 10.6 Å². The summed E-state index contributed by atoms with van der Waals surface area (Å²) in [4.78, 5) is 11.5. The Morgan fingerprint density at radius 1 is 1.10 bits per heavy atom. The van der Waals surface area contributed by atoms with Crippen molar-refractivity contribution in [2.45, 2.75) is 46.6 Å². The molecule has 0 amide bonds. The van der Waals surface area contributed by atoms with Gasteiger partial charge in [0.1, 0.15) is 17.5 Å². The molecule has 0 radical (unpaired) electrons. The molecule has 0 aliphatic heterocycles. The maximum absolute atomic E-state index is 4.64. The Bertz CT molecular complexity index is 429. The van der Waals surface area contributed by atoms with Crippen molar-refractivity contribution in [3.63, 3.8) is 0 Å². The maximum Gasteiger partial charge on any atom is 0.135 e. The number of rotatable bonds is 7. The first-order chi connectivity index (χ1) is 9.36. The molecule has 0 unspecified atom stereocenters. The van der Waals surface area contributed by atoms with Crippen LogP contribution in [0.15, 0.2) is 0 Å².